The normalized spacial score (nSPS) is 18.1. The Hall–Kier alpha value is -2.22. The zero-order valence-corrected chi connectivity index (χ0v) is 14.3. The third-order valence-electron chi connectivity index (χ3n) is 3.79. The summed E-state index contributed by atoms with van der Waals surface area (Å²) in [6.45, 7) is 1.73. The highest BCUT2D eigenvalue weighted by Crippen LogP contribution is 2.23. The molecule has 2 atom stereocenters. The van der Waals surface area contributed by atoms with Crippen molar-refractivity contribution in [3.8, 4) is 5.75 Å². The SMILES string of the molecule is CCC(=O)N1CSCC1C(=O)NC(C(=O)O)c1ccc(OC)cc1. The number of thioether (sulfide) groups is 1. The minimum atomic E-state index is -1.17. The summed E-state index contributed by atoms with van der Waals surface area (Å²) in [5.74, 6) is -0.215. The predicted molar refractivity (Wildman–Crippen MR) is 89.8 cm³/mol. The van der Waals surface area contributed by atoms with Crippen molar-refractivity contribution >= 4 is 29.5 Å². The fraction of sp³-hybridized carbons (Fsp3) is 0.438. The van der Waals surface area contributed by atoms with Gasteiger partial charge >= 0.3 is 5.97 Å². The highest BCUT2D eigenvalue weighted by Gasteiger charge is 2.36. The van der Waals surface area contributed by atoms with E-state index in [0.717, 1.165) is 0 Å². The Morgan fingerprint density at radius 2 is 2.04 bits per heavy atom. The minimum Gasteiger partial charge on any atom is -0.497 e. The summed E-state index contributed by atoms with van der Waals surface area (Å²) in [4.78, 5) is 37.4. The lowest BCUT2D eigenvalue weighted by molar-refractivity contribution is -0.143. The molecule has 1 saturated heterocycles. The second-order valence-corrected chi connectivity index (χ2v) is 6.29. The summed E-state index contributed by atoms with van der Waals surface area (Å²) >= 11 is 1.48. The molecule has 24 heavy (non-hydrogen) atoms. The van der Waals surface area contributed by atoms with Crippen LogP contribution < -0.4 is 10.1 Å². The number of nitrogens with one attached hydrogen (secondary N) is 1. The fourth-order valence-electron chi connectivity index (χ4n) is 2.43. The Labute approximate surface area is 144 Å². The first-order valence-electron chi connectivity index (χ1n) is 7.52. The molecular formula is C16H20N2O5S. The number of carboxylic acids is 1. The summed E-state index contributed by atoms with van der Waals surface area (Å²) in [5.41, 5.74) is 0.440. The number of methoxy groups -OCH3 is 1. The lowest BCUT2D eigenvalue weighted by Crippen LogP contribution is -2.49. The number of carbonyl (C=O) groups excluding carboxylic acids is 2. The number of benzene rings is 1. The van der Waals surface area contributed by atoms with Crippen LogP contribution in [-0.4, -0.2) is 52.6 Å². The number of amides is 2. The molecule has 7 nitrogen and oxygen atoms in total. The number of nitrogens with zero attached hydrogens (tertiary/aromatic N) is 1. The molecule has 1 aromatic carbocycles. The van der Waals surface area contributed by atoms with Gasteiger partial charge in [-0.25, -0.2) is 4.79 Å². The van der Waals surface area contributed by atoms with Crippen LogP contribution in [0.5, 0.6) is 5.75 Å². The van der Waals surface area contributed by atoms with Crippen LogP contribution in [0, 0.1) is 0 Å². The van der Waals surface area contributed by atoms with E-state index in [0.29, 0.717) is 29.4 Å². The molecule has 1 aromatic rings. The summed E-state index contributed by atoms with van der Waals surface area (Å²) in [5, 5.41) is 12.0. The Morgan fingerprint density at radius 1 is 1.38 bits per heavy atom. The highest BCUT2D eigenvalue weighted by atomic mass is 32.2. The van der Waals surface area contributed by atoms with E-state index in [2.05, 4.69) is 5.32 Å². The third-order valence-corrected chi connectivity index (χ3v) is 4.80. The molecule has 0 aliphatic carbocycles. The topological polar surface area (TPSA) is 95.9 Å². The van der Waals surface area contributed by atoms with Gasteiger partial charge in [0.05, 0.1) is 13.0 Å². The Balaban J connectivity index is 2.13. The first-order chi connectivity index (χ1) is 11.5. The first-order valence-corrected chi connectivity index (χ1v) is 8.67. The van der Waals surface area contributed by atoms with E-state index in [-0.39, 0.29) is 5.91 Å². The quantitative estimate of drug-likeness (QED) is 0.800. The van der Waals surface area contributed by atoms with Crippen LogP contribution >= 0.6 is 11.8 Å². The monoisotopic (exact) mass is 352 g/mol. The Morgan fingerprint density at radius 3 is 2.58 bits per heavy atom. The molecule has 0 aromatic heterocycles. The maximum absolute atomic E-state index is 12.5. The predicted octanol–water partition coefficient (Wildman–Crippen LogP) is 1.25. The molecule has 1 fully saturated rings. The highest BCUT2D eigenvalue weighted by molar-refractivity contribution is 7.99. The van der Waals surface area contributed by atoms with Crippen LogP contribution in [-0.2, 0) is 14.4 Å². The number of hydrogen-bond donors (Lipinski definition) is 2. The zero-order valence-electron chi connectivity index (χ0n) is 13.5. The number of rotatable bonds is 6. The summed E-state index contributed by atoms with van der Waals surface area (Å²) in [6, 6.07) is 4.65. The lowest BCUT2D eigenvalue weighted by atomic mass is 10.1. The molecule has 0 spiro atoms. The second kappa shape index (κ2) is 8.05. The van der Waals surface area contributed by atoms with E-state index in [1.54, 1.807) is 31.2 Å². The third kappa shape index (κ3) is 4.00. The molecule has 0 bridgehead atoms. The van der Waals surface area contributed by atoms with Gasteiger partial charge in [0.2, 0.25) is 11.8 Å². The Kier molecular flexibility index (Phi) is 6.08. The van der Waals surface area contributed by atoms with Gasteiger partial charge in [-0.15, -0.1) is 11.8 Å². The molecule has 8 heteroatoms. The van der Waals surface area contributed by atoms with E-state index >= 15 is 0 Å². The van der Waals surface area contributed by atoms with Gasteiger partial charge in [-0.1, -0.05) is 19.1 Å². The summed E-state index contributed by atoms with van der Waals surface area (Å²) in [7, 11) is 1.52. The van der Waals surface area contributed by atoms with Gasteiger partial charge in [0.1, 0.15) is 11.8 Å². The Bertz CT molecular complexity index is 619. The molecule has 2 rings (SSSR count). The van der Waals surface area contributed by atoms with Gasteiger partial charge in [-0.3, -0.25) is 9.59 Å². The standard InChI is InChI=1S/C16H20N2O5S/c1-3-13(19)18-9-24-8-12(18)15(20)17-14(16(21)22)10-4-6-11(23-2)7-5-10/h4-7,12,14H,3,8-9H2,1-2H3,(H,17,20)(H,21,22). The minimum absolute atomic E-state index is 0.114. The molecule has 0 radical (unpaired) electrons. The van der Waals surface area contributed by atoms with Gasteiger partial charge in [-0.05, 0) is 17.7 Å². The maximum Gasteiger partial charge on any atom is 0.330 e. The summed E-state index contributed by atoms with van der Waals surface area (Å²) in [6.07, 6.45) is 0.311. The van der Waals surface area contributed by atoms with E-state index in [1.807, 2.05) is 0 Å². The van der Waals surface area contributed by atoms with Crippen molar-refractivity contribution < 1.29 is 24.2 Å². The van der Waals surface area contributed by atoms with Crippen LogP contribution in [0.1, 0.15) is 24.9 Å². The summed E-state index contributed by atoms with van der Waals surface area (Å²) < 4.78 is 5.04. The van der Waals surface area contributed by atoms with Gasteiger partial charge in [0.15, 0.2) is 6.04 Å². The van der Waals surface area contributed by atoms with Crippen LogP contribution in [0.25, 0.3) is 0 Å². The van der Waals surface area contributed by atoms with E-state index in [1.165, 1.54) is 23.8 Å². The number of ether oxygens (including phenoxy) is 1. The molecule has 1 heterocycles. The molecule has 2 amide bonds. The van der Waals surface area contributed by atoms with Gasteiger partial charge in [-0.2, -0.15) is 0 Å². The number of aliphatic carboxylic acids is 1. The van der Waals surface area contributed by atoms with Crippen LogP contribution in [0.4, 0.5) is 0 Å². The largest absolute Gasteiger partial charge is 0.497 e. The van der Waals surface area contributed by atoms with Crippen molar-refractivity contribution in [2.24, 2.45) is 0 Å². The van der Waals surface area contributed by atoms with Crippen molar-refractivity contribution in [1.29, 1.82) is 0 Å². The van der Waals surface area contributed by atoms with E-state index in [4.69, 9.17) is 4.74 Å². The smallest absolute Gasteiger partial charge is 0.330 e. The molecule has 2 unspecified atom stereocenters. The molecule has 2 N–H and O–H groups in total. The number of carboxylic acid groups (broad SMARTS) is 1. The van der Waals surface area contributed by atoms with Gasteiger partial charge < -0.3 is 20.1 Å². The molecule has 0 saturated carbocycles. The van der Waals surface area contributed by atoms with Gasteiger partial charge in [0, 0.05) is 12.2 Å². The average Bonchev–Trinajstić information content (AvgIpc) is 3.08. The second-order valence-electron chi connectivity index (χ2n) is 5.29. The van der Waals surface area contributed by atoms with Crippen molar-refractivity contribution in [1.82, 2.24) is 10.2 Å². The zero-order chi connectivity index (χ0) is 17.7. The van der Waals surface area contributed by atoms with Crippen LogP contribution in [0.2, 0.25) is 0 Å². The van der Waals surface area contributed by atoms with Crippen molar-refractivity contribution in [3.63, 3.8) is 0 Å². The molecule has 1 aliphatic heterocycles. The van der Waals surface area contributed by atoms with Crippen LogP contribution in [0.3, 0.4) is 0 Å². The number of hydrogen-bond acceptors (Lipinski definition) is 5. The van der Waals surface area contributed by atoms with Crippen LogP contribution in [0.15, 0.2) is 24.3 Å². The van der Waals surface area contributed by atoms with Crippen molar-refractivity contribution in [2.45, 2.75) is 25.4 Å². The van der Waals surface area contributed by atoms with Gasteiger partial charge in [0.25, 0.3) is 0 Å². The van der Waals surface area contributed by atoms with Crippen molar-refractivity contribution in [2.75, 3.05) is 18.7 Å². The molecule has 130 valence electrons. The van der Waals surface area contributed by atoms with E-state index < -0.39 is 24.0 Å². The molecular weight excluding hydrogens is 332 g/mol. The fourth-order valence-corrected chi connectivity index (χ4v) is 3.61. The number of carbonyl (C=O) groups is 3. The first kappa shape index (κ1) is 18.1. The van der Waals surface area contributed by atoms with E-state index in [9.17, 15) is 19.5 Å². The average molecular weight is 352 g/mol. The lowest BCUT2D eigenvalue weighted by Gasteiger charge is -2.24. The van der Waals surface area contributed by atoms with Crippen molar-refractivity contribution in [3.05, 3.63) is 29.8 Å². The maximum atomic E-state index is 12.5. The molecule has 1 aliphatic rings.